The number of halogens is 2. The third-order valence-corrected chi connectivity index (χ3v) is 5.97. The Hall–Kier alpha value is -1.43. The molecule has 2 aromatic rings. The Kier molecular flexibility index (Phi) is 6.90. The van der Waals surface area contributed by atoms with Crippen molar-refractivity contribution in [3.63, 3.8) is 0 Å². The highest BCUT2D eigenvalue weighted by molar-refractivity contribution is 5.85. The Morgan fingerprint density at radius 1 is 1.15 bits per heavy atom. The van der Waals surface area contributed by atoms with Gasteiger partial charge in [-0.15, -0.1) is 12.4 Å². The highest BCUT2D eigenvalue weighted by Crippen LogP contribution is 2.30. The van der Waals surface area contributed by atoms with Gasteiger partial charge in [-0.1, -0.05) is 0 Å². The van der Waals surface area contributed by atoms with Gasteiger partial charge in [-0.25, -0.2) is 9.07 Å². The van der Waals surface area contributed by atoms with Gasteiger partial charge in [0, 0.05) is 12.2 Å². The lowest BCUT2D eigenvalue weighted by Crippen LogP contribution is -2.34. The van der Waals surface area contributed by atoms with Crippen LogP contribution < -0.4 is 5.32 Å². The maximum atomic E-state index is 13.3. The molecule has 1 aliphatic carbocycles. The zero-order valence-electron chi connectivity index (χ0n) is 16.1. The molecule has 0 atom stereocenters. The van der Waals surface area contributed by atoms with Crippen LogP contribution in [0.5, 0.6) is 0 Å². The average Bonchev–Trinajstić information content (AvgIpc) is 3.26. The first-order valence-corrected chi connectivity index (χ1v) is 9.97. The minimum Gasteiger partial charge on any atom is -0.320 e. The van der Waals surface area contributed by atoms with E-state index in [0.717, 1.165) is 37.5 Å². The molecule has 6 heteroatoms. The zero-order chi connectivity index (χ0) is 17.9. The number of likely N-dealkylation sites (tertiary alicyclic amines) is 1. The summed E-state index contributed by atoms with van der Waals surface area (Å²) >= 11 is 0. The van der Waals surface area contributed by atoms with Gasteiger partial charge >= 0.3 is 0 Å². The highest BCUT2D eigenvalue weighted by Gasteiger charge is 2.26. The molecule has 4 rings (SSSR count). The number of fused-ring (bicyclic) bond motifs is 1. The van der Waals surface area contributed by atoms with Crippen LogP contribution in [0.15, 0.2) is 24.3 Å². The molecule has 0 spiro atoms. The summed E-state index contributed by atoms with van der Waals surface area (Å²) in [5.74, 6) is 0.667. The van der Waals surface area contributed by atoms with E-state index in [1.165, 1.54) is 67.9 Å². The van der Waals surface area contributed by atoms with Crippen molar-refractivity contribution >= 4 is 12.4 Å². The normalized spacial score (nSPS) is 17.7. The minimum absolute atomic E-state index is 0. The summed E-state index contributed by atoms with van der Waals surface area (Å²) in [7, 11) is 2.03. The molecule has 1 aliphatic heterocycles. The smallest absolute Gasteiger partial charge is 0.123 e. The summed E-state index contributed by atoms with van der Waals surface area (Å²) in [6.07, 6.45) is 7.29. The van der Waals surface area contributed by atoms with E-state index < -0.39 is 0 Å². The molecule has 4 nitrogen and oxygen atoms in total. The fourth-order valence-corrected chi connectivity index (χ4v) is 4.43. The molecule has 1 fully saturated rings. The fourth-order valence-electron chi connectivity index (χ4n) is 4.43. The van der Waals surface area contributed by atoms with E-state index in [-0.39, 0.29) is 18.2 Å². The number of piperidine rings is 1. The Bertz CT molecular complexity index is 735. The van der Waals surface area contributed by atoms with E-state index in [1.807, 2.05) is 19.2 Å². The Morgan fingerprint density at radius 2 is 1.89 bits per heavy atom. The van der Waals surface area contributed by atoms with Crippen molar-refractivity contribution in [1.82, 2.24) is 20.0 Å². The Balaban J connectivity index is 0.00000210. The van der Waals surface area contributed by atoms with E-state index in [4.69, 9.17) is 5.10 Å². The monoisotopic (exact) mass is 392 g/mol. The van der Waals surface area contributed by atoms with E-state index in [2.05, 4.69) is 14.9 Å². The van der Waals surface area contributed by atoms with Crippen LogP contribution in [-0.4, -0.2) is 41.4 Å². The van der Waals surface area contributed by atoms with Crippen LogP contribution in [0.4, 0.5) is 4.39 Å². The Morgan fingerprint density at radius 3 is 2.59 bits per heavy atom. The van der Waals surface area contributed by atoms with Crippen molar-refractivity contribution < 1.29 is 4.39 Å². The van der Waals surface area contributed by atoms with Crippen molar-refractivity contribution in [2.75, 3.05) is 26.7 Å². The fraction of sp³-hybridized carbons (Fsp3) is 0.571. The first-order chi connectivity index (χ1) is 12.7. The van der Waals surface area contributed by atoms with Crippen LogP contribution in [0.3, 0.4) is 0 Å². The van der Waals surface area contributed by atoms with E-state index in [0.29, 0.717) is 0 Å². The second-order valence-corrected chi connectivity index (χ2v) is 7.73. The number of benzene rings is 1. The SMILES string of the molecule is CNCCC1CCN(Cc2nn(-c3ccc(F)cc3)c3c2CCC3)CC1.Cl. The van der Waals surface area contributed by atoms with Crippen LogP contribution in [0, 0.1) is 11.7 Å². The quantitative estimate of drug-likeness (QED) is 0.812. The molecule has 1 saturated heterocycles. The van der Waals surface area contributed by atoms with Gasteiger partial charge in [0.1, 0.15) is 5.82 Å². The lowest BCUT2D eigenvalue weighted by Gasteiger charge is -2.31. The zero-order valence-corrected chi connectivity index (χ0v) is 16.9. The molecule has 1 aromatic heterocycles. The third-order valence-electron chi connectivity index (χ3n) is 5.97. The van der Waals surface area contributed by atoms with Gasteiger partial charge in [-0.05, 0) is 101 Å². The molecular formula is C21H30ClFN4. The lowest BCUT2D eigenvalue weighted by atomic mass is 9.93. The van der Waals surface area contributed by atoms with Gasteiger partial charge in [-0.2, -0.15) is 5.10 Å². The van der Waals surface area contributed by atoms with Gasteiger partial charge < -0.3 is 5.32 Å². The van der Waals surface area contributed by atoms with Gasteiger partial charge in [0.05, 0.1) is 11.4 Å². The maximum absolute atomic E-state index is 13.3. The average molecular weight is 393 g/mol. The molecule has 0 bridgehead atoms. The maximum Gasteiger partial charge on any atom is 0.123 e. The number of nitrogens with one attached hydrogen (secondary N) is 1. The van der Waals surface area contributed by atoms with Crippen LogP contribution in [-0.2, 0) is 19.4 Å². The van der Waals surface area contributed by atoms with E-state index >= 15 is 0 Å². The summed E-state index contributed by atoms with van der Waals surface area (Å²) in [6.45, 7) is 4.43. The third kappa shape index (κ3) is 4.53. The number of rotatable bonds is 6. The number of hydrogen-bond donors (Lipinski definition) is 1. The topological polar surface area (TPSA) is 33.1 Å². The van der Waals surface area contributed by atoms with Crippen LogP contribution in [0.25, 0.3) is 5.69 Å². The van der Waals surface area contributed by atoms with Gasteiger partial charge in [-0.3, -0.25) is 4.90 Å². The molecule has 2 heterocycles. The van der Waals surface area contributed by atoms with Crippen molar-refractivity contribution in [2.24, 2.45) is 5.92 Å². The molecule has 148 valence electrons. The van der Waals surface area contributed by atoms with Gasteiger partial charge in [0.15, 0.2) is 0 Å². The van der Waals surface area contributed by atoms with E-state index in [1.54, 1.807) is 0 Å². The first-order valence-electron chi connectivity index (χ1n) is 9.97. The van der Waals surface area contributed by atoms with Gasteiger partial charge in [0.25, 0.3) is 0 Å². The van der Waals surface area contributed by atoms with Crippen LogP contribution in [0.1, 0.15) is 42.6 Å². The molecule has 0 unspecified atom stereocenters. The Labute approximate surface area is 167 Å². The summed E-state index contributed by atoms with van der Waals surface area (Å²) < 4.78 is 15.3. The molecule has 0 radical (unpaired) electrons. The van der Waals surface area contributed by atoms with Crippen LogP contribution >= 0.6 is 12.4 Å². The molecular weight excluding hydrogens is 363 g/mol. The van der Waals surface area contributed by atoms with Crippen molar-refractivity contribution in [3.05, 3.63) is 47.0 Å². The number of hydrogen-bond acceptors (Lipinski definition) is 3. The molecule has 0 saturated carbocycles. The second-order valence-electron chi connectivity index (χ2n) is 7.73. The van der Waals surface area contributed by atoms with E-state index in [9.17, 15) is 4.39 Å². The molecule has 2 aliphatic rings. The number of nitrogens with zero attached hydrogens (tertiary/aromatic N) is 3. The van der Waals surface area contributed by atoms with Crippen molar-refractivity contribution in [2.45, 2.75) is 45.1 Å². The molecule has 1 N–H and O–H groups in total. The second kappa shape index (κ2) is 9.18. The summed E-state index contributed by atoms with van der Waals surface area (Å²) in [5.41, 5.74) is 4.97. The predicted octanol–water partition coefficient (Wildman–Crippen LogP) is 3.74. The largest absolute Gasteiger partial charge is 0.320 e. The molecule has 1 aromatic carbocycles. The molecule has 27 heavy (non-hydrogen) atoms. The standard InChI is InChI=1S/C21H29FN4.ClH/c1-23-12-9-16-10-13-25(14-11-16)15-20-19-3-2-4-21(19)26(24-20)18-7-5-17(22)6-8-18;/h5-8,16,23H,2-4,9-15H2,1H3;1H. The van der Waals surface area contributed by atoms with Crippen LogP contribution in [0.2, 0.25) is 0 Å². The molecule has 0 amide bonds. The minimum atomic E-state index is -0.195. The highest BCUT2D eigenvalue weighted by atomic mass is 35.5. The summed E-state index contributed by atoms with van der Waals surface area (Å²) in [6, 6.07) is 6.71. The summed E-state index contributed by atoms with van der Waals surface area (Å²) in [5, 5.41) is 8.20. The van der Waals surface area contributed by atoms with Crippen molar-refractivity contribution in [1.29, 1.82) is 0 Å². The summed E-state index contributed by atoms with van der Waals surface area (Å²) in [4.78, 5) is 2.56. The number of aromatic nitrogens is 2. The lowest BCUT2D eigenvalue weighted by molar-refractivity contribution is 0.170. The van der Waals surface area contributed by atoms with Crippen molar-refractivity contribution in [3.8, 4) is 5.69 Å². The predicted molar refractivity (Wildman–Crippen MR) is 109 cm³/mol. The first kappa shape index (κ1) is 20.3. The van der Waals surface area contributed by atoms with Gasteiger partial charge in [0.2, 0.25) is 0 Å².